The second kappa shape index (κ2) is 11.5. The van der Waals surface area contributed by atoms with Crippen LogP contribution < -0.4 is 14.9 Å². The van der Waals surface area contributed by atoms with Crippen molar-refractivity contribution in [1.29, 1.82) is 0 Å². The molecule has 0 bridgehead atoms. The minimum absolute atomic E-state index is 0.0217. The van der Waals surface area contributed by atoms with Gasteiger partial charge in [-0.05, 0) is 54.6 Å². The smallest absolute Gasteiger partial charge is 0.264 e. The van der Waals surface area contributed by atoms with Crippen molar-refractivity contribution in [2.75, 3.05) is 16.2 Å². The summed E-state index contributed by atoms with van der Waals surface area (Å²) in [6, 6.07) is 21.8. The Morgan fingerprint density at radius 1 is 0.892 bits per heavy atom. The summed E-state index contributed by atoms with van der Waals surface area (Å²) in [6.07, 6.45) is 1.50. The molecule has 2 amide bonds. The maximum absolute atomic E-state index is 13.5. The Kier molecular flexibility index (Phi) is 8.17. The molecule has 190 valence electrons. The van der Waals surface area contributed by atoms with E-state index in [0.717, 1.165) is 4.31 Å². The minimum Gasteiger partial charge on any atom is -0.467 e. The number of halogens is 2. The fourth-order valence-corrected chi connectivity index (χ4v) is 5.51. The van der Waals surface area contributed by atoms with Crippen LogP contribution in [0.2, 0.25) is 10.0 Å². The second-order valence-corrected chi connectivity index (χ2v) is 10.5. The van der Waals surface area contributed by atoms with E-state index in [4.69, 9.17) is 27.6 Å². The van der Waals surface area contributed by atoms with E-state index in [1.54, 1.807) is 54.6 Å². The van der Waals surface area contributed by atoms with E-state index in [9.17, 15) is 18.0 Å². The zero-order chi connectivity index (χ0) is 26.4. The summed E-state index contributed by atoms with van der Waals surface area (Å²) in [5.74, 6) is -0.560. The standard InChI is InChI=1S/C26H21Cl2N3O5S/c27-18-12-13-24(22(28)15-18)31(37(34,35)20-8-2-1-3-9-20)17-25(32)30-23-11-5-4-10-21(23)26(33)29-16-19-7-6-14-36-19/h1-15H,16-17H2,(H,29,33)(H,30,32). The number of furan rings is 1. The van der Waals surface area contributed by atoms with E-state index in [0.29, 0.717) is 10.8 Å². The Bertz CT molecular complexity index is 1510. The van der Waals surface area contributed by atoms with Gasteiger partial charge in [0.25, 0.3) is 15.9 Å². The van der Waals surface area contributed by atoms with Crippen molar-refractivity contribution in [3.63, 3.8) is 0 Å². The molecule has 0 spiro atoms. The van der Waals surface area contributed by atoms with Crippen LogP contribution >= 0.6 is 23.2 Å². The zero-order valence-corrected chi connectivity index (χ0v) is 21.6. The molecule has 0 radical (unpaired) electrons. The van der Waals surface area contributed by atoms with Gasteiger partial charge >= 0.3 is 0 Å². The number of para-hydroxylation sites is 1. The number of rotatable bonds is 9. The van der Waals surface area contributed by atoms with Crippen LogP contribution in [0, 0.1) is 0 Å². The van der Waals surface area contributed by atoms with Crippen LogP contribution in [-0.2, 0) is 21.4 Å². The van der Waals surface area contributed by atoms with Gasteiger partial charge < -0.3 is 15.1 Å². The lowest BCUT2D eigenvalue weighted by Gasteiger charge is -2.25. The Labute approximate surface area is 223 Å². The first-order valence-corrected chi connectivity index (χ1v) is 13.2. The molecule has 8 nitrogen and oxygen atoms in total. The van der Waals surface area contributed by atoms with E-state index in [1.807, 2.05) is 0 Å². The monoisotopic (exact) mass is 557 g/mol. The number of carbonyl (C=O) groups excluding carboxylic acids is 2. The van der Waals surface area contributed by atoms with Crippen molar-refractivity contribution in [3.8, 4) is 0 Å². The Morgan fingerprint density at radius 3 is 2.32 bits per heavy atom. The lowest BCUT2D eigenvalue weighted by atomic mass is 10.1. The number of nitrogens with zero attached hydrogens (tertiary/aromatic N) is 1. The summed E-state index contributed by atoms with van der Waals surface area (Å²) in [7, 11) is -4.18. The fourth-order valence-electron chi connectivity index (χ4n) is 3.49. The summed E-state index contributed by atoms with van der Waals surface area (Å²) in [6.45, 7) is -0.451. The Balaban J connectivity index is 1.59. The third-order valence-electron chi connectivity index (χ3n) is 5.25. The van der Waals surface area contributed by atoms with Crippen LogP contribution in [-0.4, -0.2) is 26.8 Å². The summed E-state index contributed by atoms with van der Waals surface area (Å²) in [4.78, 5) is 25.9. The van der Waals surface area contributed by atoms with Crippen molar-refractivity contribution in [2.45, 2.75) is 11.4 Å². The summed E-state index contributed by atoms with van der Waals surface area (Å²) in [5.41, 5.74) is 0.489. The van der Waals surface area contributed by atoms with E-state index < -0.39 is 28.4 Å². The molecule has 37 heavy (non-hydrogen) atoms. The van der Waals surface area contributed by atoms with E-state index >= 15 is 0 Å². The topological polar surface area (TPSA) is 109 Å². The van der Waals surface area contributed by atoms with E-state index in [2.05, 4.69) is 10.6 Å². The number of anilines is 2. The van der Waals surface area contributed by atoms with Crippen LogP contribution in [0.3, 0.4) is 0 Å². The first-order chi connectivity index (χ1) is 17.8. The highest BCUT2D eigenvalue weighted by atomic mass is 35.5. The van der Waals surface area contributed by atoms with Crippen molar-refractivity contribution in [3.05, 3.63) is 113 Å². The molecule has 0 saturated carbocycles. The summed E-state index contributed by atoms with van der Waals surface area (Å²) < 4.78 is 33.1. The number of nitrogens with one attached hydrogen (secondary N) is 2. The van der Waals surface area contributed by atoms with Gasteiger partial charge in [0.2, 0.25) is 5.91 Å². The lowest BCUT2D eigenvalue weighted by molar-refractivity contribution is -0.114. The lowest BCUT2D eigenvalue weighted by Crippen LogP contribution is -2.38. The maximum atomic E-state index is 13.5. The molecule has 4 aromatic rings. The summed E-state index contributed by atoms with van der Waals surface area (Å²) in [5, 5.41) is 5.72. The molecule has 11 heteroatoms. The maximum Gasteiger partial charge on any atom is 0.264 e. The predicted octanol–water partition coefficient (Wildman–Crippen LogP) is 5.35. The van der Waals surface area contributed by atoms with Crippen LogP contribution in [0.5, 0.6) is 0 Å². The third kappa shape index (κ3) is 6.32. The largest absolute Gasteiger partial charge is 0.467 e. The van der Waals surface area contributed by atoms with Crippen LogP contribution in [0.15, 0.2) is 101 Å². The fraction of sp³-hybridized carbons (Fsp3) is 0.0769. The van der Waals surface area contributed by atoms with Gasteiger partial charge in [-0.1, -0.05) is 53.5 Å². The molecule has 4 rings (SSSR count). The number of hydrogen-bond donors (Lipinski definition) is 2. The number of benzene rings is 3. The molecule has 0 aliphatic heterocycles. The zero-order valence-electron chi connectivity index (χ0n) is 19.2. The van der Waals surface area contributed by atoms with Gasteiger partial charge in [0.15, 0.2) is 0 Å². The van der Waals surface area contributed by atoms with Crippen molar-refractivity contribution < 1.29 is 22.4 Å². The Hall–Kier alpha value is -3.79. The first kappa shape index (κ1) is 26.3. The molecular weight excluding hydrogens is 537 g/mol. The molecule has 2 N–H and O–H groups in total. The van der Waals surface area contributed by atoms with Gasteiger partial charge in [0.05, 0.1) is 39.7 Å². The highest BCUT2D eigenvalue weighted by Crippen LogP contribution is 2.32. The molecule has 3 aromatic carbocycles. The van der Waals surface area contributed by atoms with Crippen LogP contribution in [0.1, 0.15) is 16.1 Å². The molecule has 0 aliphatic carbocycles. The normalized spacial score (nSPS) is 11.1. The number of amides is 2. The van der Waals surface area contributed by atoms with Crippen LogP contribution in [0.4, 0.5) is 11.4 Å². The molecule has 1 aromatic heterocycles. The average Bonchev–Trinajstić information content (AvgIpc) is 3.41. The first-order valence-electron chi connectivity index (χ1n) is 11.0. The highest BCUT2D eigenvalue weighted by Gasteiger charge is 2.29. The van der Waals surface area contributed by atoms with Gasteiger partial charge in [-0.25, -0.2) is 8.42 Å². The van der Waals surface area contributed by atoms with Gasteiger partial charge in [-0.2, -0.15) is 0 Å². The third-order valence-corrected chi connectivity index (χ3v) is 7.56. The highest BCUT2D eigenvalue weighted by molar-refractivity contribution is 7.92. The molecule has 0 saturated heterocycles. The van der Waals surface area contributed by atoms with Gasteiger partial charge in [-0.3, -0.25) is 13.9 Å². The molecule has 0 aliphatic rings. The molecule has 0 fully saturated rings. The number of hydrogen-bond acceptors (Lipinski definition) is 5. The quantitative estimate of drug-likeness (QED) is 0.288. The number of carbonyl (C=O) groups is 2. The molecule has 1 heterocycles. The SMILES string of the molecule is O=C(CN(c1ccc(Cl)cc1Cl)S(=O)(=O)c1ccccc1)Nc1ccccc1C(=O)NCc1ccco1. The van der Waals surface area contributed by atoms with Crippen LogP contribution in [0.25, 0.3) is 0 Å². The summed E-state index contributed by atoms with van der Waals surface area (Å²) >= 11 is 12.3. The van der Waals surface area contributed by atoms with E-state index in [1.165, 1.54) is 36.6 Å². The Morgan fingerprint density at radius 2 is 1.62 bits per heavy atom. The minimum atomic E-state index is -4.18. The molecular formula is C26H21Cl2N3O5S. The second-order valence-electron chi connectivity index (χ2n) is 7.78. The average molecular weight is 558 g/mol. The van der Waals surface area contributed by atoms with Gasteiger partial charge in [0, 0.05) is 5.02 Å². The van der Waals surface area contributed by atoms with E-state index in [-0.39, 0.29) is 33.4 Å². The van der Waals surface area contributed by atoms with Crippen molar-refractivity contribution >= 4 is 56.4 Å². The van der Waals surface area contributed by atoms with Crippen molar-refractivity contribution in [1.82, 2.24) is 5.32 Å². The molecule has 0 atom stereocenters. The molecule has 0 unspecified atom stereocenters. The van der Waals surface area contributed by atoms with Gasteiger partial charge in [0.1, 0.15) is 12.3 Å². The predicted molar refractivity (Wildman–Crippen MR) is 142 cm³/mol. The van der Waals surface area contributed by atoms with Crippen molar-refractivity contribution in [2.24, 2.45) is 0 Å². The number of sulfonamides is 1. The van der Waals surface area contributed by atoms with Gasteiger partial charge in [-0.15, -0.1) is 0 Å².